The number of aromatic carboxylic acids is 1. The lowest BCUT2D eigenvalue weighted by atomic mass is 10.1. The first kappa shape index (κ1) is 14.8. The first-order valence-corrected chi connectivity index (χ1v) is 7.14. The summed E-state index contributed by atoms with van der Waals surface area (Å²) in [6.45, 7) is 2.00. The van der Waals surface area contributed by atoms with Crippen molar-refractivity contribution in [3.63, 3.8) is 0 Å². The minimum absolute atomic E-state index is 0.0880. The maximum atomic E-state index is 11.6. The van der Waals surface area contributed by atoms with Crippen molar-refractivity contribution in [2.75, 3.05) is 7.11 Å². The van der Waals surface area contributed by atoms with Crippen molar-refractivity contribution in [1.82, 2.24) is 9.78 Å². The van der Waals surface area contributed by atoms with Gasteiger partial charge in [0.2, 0.25) is 0 Å². The van der Waals surface area contributed by atoms with Crippen LogP contribution in [0.2, 0.25) is 0 Å². The van der Waals surface area contributed by atoms with Gasteiger partial charge in [0.05, 0.1) is 12.8 Å². The van der Waals surface area contributed by atoms with Crippen LogP contribution in [0.5, 0.6) is 5.75 Å². The number of aryl methyl sites for hydroxylation is 1. The number of carboxylic acids is 1. The number of rotatable bonds is 4. The van der Waals surface area contributed by atoms with E-state index in [2.05, 4.69) is 5.10 Å². The molecule has 3 rings (SSSR count). The number of para-hydroxylation sites is 2. The molecule has 0 amide bonds. The summed E-state index contributed by atoms with van der Waals surface area (Å²) in [5.74, 6) is -0.477. The van der Waals surface area contributed by atoms with Crippen LogP contribution < -0.4 is 4.74 Å². The molecule has 3 aromatic rings. The second kappa shape index (κ2) is 5.96. The molecule has 0 radical (unpaired) electrons. The van der Waals surface area contributed by atoms with E-state index in [1.54, 1.807) is 25.3 Å². The SMILES string of the molecule is COc1ccccc1-n1nc(-c2ccc(C)cc2)cc1C(=O)O. The van der Waals surface area contributed by atoms with Gasteiger partial charge >= 0.3 is 5.97 Å². The zero-order valence-electron chi connectivity index (χ0n) is 12.9. The lowest BCUT2D eigenvalue weighted by molar-refractivity contribution is 0.0687. The van der Waals surface area contributed by atoms with Crippen LogP contribution in [0.15, 0.2) is 54.6 Å². The number of ether oxygens (including phenoxy) is 1. The summed E-state index contributed by atoms with van der Waals surface area (Å²) in [6.07, 6.45) is 0. The smallest absolute Gasteiger partial charge is 0.354 e. The van der Waals surface area contributed by atoms with Crippen LogP contribution >= 0.6 is 0 Å². The van der Waals surface area contributed by atoms with Crippen molar-refractivity contribution in [3.05, 3.63) is 65.9 Å². The fourth-order valence-corrected chi connectivity index (χ4v) is 2.39. The van der Waals surface area contributed by atoms with E-state index < -0.39 is 5.97 Å². The molecule has 116 valence electrons. The molecule has 1 heterocycles. The molecule has 0 saturated heterocycles. The molecule has 0 bridgehead atoms. The molecule has 0 spiro atoms. The lowest BCUT2D eigenvalue weighted by Crippen LogP contribution is -2.09. The van der Waals surface area contributed by atoms with Gasteiger partial charge in [0.1, 0.15) is 11.4 Å². The van der Waals surface area contributed by atoms with E-state index in [9.17, 15) is 9.90 Å². The van der Waals surface area contributed by atoms with E-state index in [4.69, 9.17) is 4.74 Å². The molecule has 0 aliphatic carbocycles. The van der Waals surface area contributed by atoms with Gasteiger partial charge in [-0.15, -0.1) is 0 Å². The molecule has 5 nitrogen and oxygen atoms in total. The first-order chi connectivity index (χ1) is 11.1. The highest BCUT2D eigenvalue weighted by Crippen LogP contribution is 2.27. The van der Waals surface area contributed by atoms with Crippen LogP contribution in [-0.2, 0) is 0 Å². The summed E-state index contributed by atoms with van der Waals surface area (Å²) in [5.41, 5.74) is 3.28. The Morgan fingerprint density at radius 3 is 2.48 bits per heavy atom. The van der Waals surface area contributed by atoms with E-state index in [1.807, 2.05) is 43.3 Å². The number of methoxy groups -OCH3 is 1. The average molecular weight is 308 g/mol. The summed E-state index contributed by atoms with van der Waals surface area (Å²) in [5, 5.41) is 14.0. The van der Waals surface area contributed by atoms with Gasteiger partial charge in [-0.2, -0.15) is 5.10 Å². The molecule has 0 aliphatic heterocycles. The molecule has 5 heteroatoms. The fraction of sp³-hybridized carbons (Fsp3) is 0.111. The molecular formula is C18H16N2O3. The molecule has 0 saturated carbocycles. The van der Waals surface area contributed by atoms with Crippen molar-refractivity contribution in [3.8, 4) is 22.7 Å². The third-order valence-electron chi connectivity index (χ3n) is 3.59. The minimum atomic E-state index is -1.04. The van der Waals surface area contributed by atoms with Crippen molar-refractivity contribution < 1.29 is 14.6 Å². The number of hydrogen-bond acceptors (Lipinski definition) is 3. The Hall–Kier alpha value is -3.08. The number of nitrogens with zero attached hydrogens (tertiary/aromatic N) is 2. The largest absolute Gasteiger partial charge is 0.494 e. The zero-order valence-corrected chi connectivity index (χ0v) is 12.9. The summed E-state index contributed by atoms with van der Waals surface area (Å²) in [7, 11) is 1.55. The van der Waals surface area contributed by atoms with Gasteiger partial charge in [0.15, 0.2) is 5.69 Å². The van der Waals surface area contributed by atoms with Gasteiger partial charge in [-0.25, -0.2) is 9.48 Å². The average Bonchev–Trinajstić information content (AvgIpc) is 3.01. The second-order valence-corrected chi connectivity index (χ2v) is 5.17. The van der Waals surface area contributed by atoms with Crippen LogP contribution in [0.25, 0.3) is 16.9 Å². The number of carboxylic acid groups (broad SMARTS) is 1. The second-order valence-electron chi connectivity index (χ2n) is 5.17. The predicted molar refractivity (Wildman–Crippen MR) is 87.2 cm³/mol. The Kier molecular flexibility index (Phi) is 3.85. The topological polar surface area (TPSA) is 64.4 Å². The summed E-state index contributed by atoms with van der Waals surface area (Å²) >= 11 is 0. The summed E-state index contributed by atoms with van der Waals surface area (Å²) in [6, 6.07) is 16.6. The van der Waals surface area contributed by atoms with E-state index >= 15 is 0 Å². The zero-order chi connectivity index (χ0) is 16.4. The van der Waals surface area contributed by atoms with Crippen LogP contribution in [-0.4, -0.2) is 28.0 Å². The molecule has 0 fully saturated rings. The maximum absolute atomic E-state index is 11.6. The number of aromatic nitrogens is 2. The van der Waals surface area contributed by atoms with Crippen molar-refractivity contribution in [2.45, 2.75) is 6.92 Å². The van der Waals surface area contributed by atoms with Crippen LogP contribution in [0.3, 0.4) is 0 Å². The molecular weight excluding hydrogens is 292 g/mol. The molecule has 23 heavy (non-hydrogen) atoms. The minimum Gasteiger partial charge on any atom is -0.494 e. The highest BCUT2D eigenvalue weighted by Gasteiger charge is 2.18. The van der Waals surface area contributed by atoms with E-state index in [0.717, 1.165) is 11.1 Å². The van der Waals surface area contributed by atoms with Gasteiger partial charge < -0.3 is 9.84 Å². The number of benzene rings is 2. The normalized spacial score (nSPS) is 10.5. The Labute approximate surface area is 133 Å². The third-order valence-corrected chi connectivity index (χ3v) is 3.59. The molecule has 0 atom stereocenters. The van der Waals surface area contributed by atoms with E-state index in [1.165, 1.54) is 4.68 Å². The molecule has 0 unspecified atom stereocenters. The number of carbonyl (C=O) groups is 1. The Morgan fingerprint density at radius 1 is 1.13 bits per heavy atom. The highest BCUT2D eigenvalue weighted by atomic mass is 16.5. The van der Waals surface area contributed by atoms with Crippen LogP contribution in [0, 0.1) is 6.92 Å². The van der Waals surface area contributed by atoms with Gasteiger partial charge in [0, 0.05) is 5.56 Å². The lowest BCUT2D eigenvalue weighted by Gasteiger charge is -2.09. The van der Waals surface area contributed by atoms with Crippen molar-refractivity contribution in [1.29, 1.82) is 0 Å². The fourth-order valence-electron chi connectivity index (χ4n) is 2.39. The van der Waals surface area contributed by atoms with Gasteiger partial charge in [0.25, 0.3) is 0 Å². The van der Waals surface area contributed by atoms with Crippen molar-refractivity contribution >= 4 is 5.97 Å². The van der Waals surface area contributed by atoms with E-state index in [-0.39, 0.29) is 5.69 Å². The first-order valence-electron chi connectivity index (χ1n) is 7.14. The Balaban J connectivity index is 2.17. The van der Waals surface area contributed by atoms with Gasteiger partial charge in [-0.05, 0) is 25.1 Å². The van der Waals surface area contributed by atoms with Crippen molar-refractivity contribution in [2.24, 2.45) is 0 Å². The molecule has 1 aromatic heterocycles. The summed E-state index contributed by atoms with van der Waals surface area (Å²) in [4.78, 5) is 11.6. The maximum Gasteiger partial charge on any atom is 0.354 e. The van der Waals surface area contributed by atoms with Gasteiger partial charge in [-0.1, -0.05) is 42.0 Å². The highest BCUT2D eigenvalue weighted by molar-refractivity contribution is 5.88. The third kappa shape index (κ3) is 2.81. The van der Waals surface area contributed by atoms with Crippen LogP contribution in [0.1, 0.15) is 16.1 Å². The molecule has 1 N–H and O–H groups in total. The Morgan fingerprint density at radius 2 is 1.83 bits per heavy atom. The van der Waals surface area contributed by atoms with Gasteiger partial charge in [-0.3, -0.25) is 0 Å². The van der Waals surface area contributed by atoms with E-state index in [0.29, 0.717) is 17.1 Å². The van der Waals surface area contributed by atoms with Crippen LogP contribution in [0.4, 0.5) is 0 Å². The quantitative estimate of drug-likeness (QED) is 0.800. The molecule has 0 aliphatic rings. The monoisotopic (exact) mass is 308 g/mol. The number of hydrogen-bond donors (Lipinski definition) is 1. The summed E-state index contributed by atoms with van der Waals surface area (Å²) < 4.78 is 6.71. The Bertz CT molecular complexity index is 851. The standard InChI is InChI=1S/C18H16N2O3/c1-12-7-9-13(10-8-12)14-11-16(18(21)22)20(19-14)15-5-3-4-6-17(15)23-2/h3-11H,1-2H3,(H,21,22). The molecule has 2 aromatic carbocycles. The predicted octanol–water partition coefficient (Wildman–Crippen LogP) is 3.55.